The molecule has 1 aromatic rings. The second kappa shape index (κ2) is 8.46. The summed E-state index contributed by atoms with van der Waals surface area (Å²) in [7, 11) is -1.96. The van der Waals surface area contributed by atoms with E-state index in [2.05, 4.69) is 6.55 Å². The highest BCUT2D eigenvalue weighted by Crippen LogP contribution is 2.18. The topological polar surface area (TPSA) is 18.5 Å². The summed E-state index contributed by atoms with van der Waals surface area (Å²) in [5.41, 5.74) is 1.19. The van der Waals surface area contributed by atoms with Crippen molar-refractivity contribution >= 4 is 8.56 Å². The van der Waals surface area contributed by atoms with Crippen LogP contribution >= 0.6 is 0 Å². The van der Waals surface area contributed by atoms with Gasteiger partial charge in [-0.05, 0) is 57.0 Å². The molecule has 0 bridgehead atoms. The Morgan fingerprint density at radius 2 is 1.58 bits per heavy atom. The highest BCUT2D eigenvalue weighted by molar-refractivity contribution is 6.66. The lowest BCUT2D eigenvalue weighted by atomic mass is 10.1. The normalized spacial score (nSPS) is 11.8. The molecule has 2 nitrogen and oxygen atoms in total. The highest BCUT2D eigenvalue weighted by Gasteiger charge is 2.29. The number of halogens is 1. The lowest BCUT2D eigenvalue weighted by Gasteiger charge is -2.25. The quantitative estimate of drug-likeness (QED) is 0.497. The predicted octanol–water partition coefficient (Wildman–Crippen LogP) is 4.29. The molecule has 4 heteroatoms. The van der Waals surface area contributed by atoms with E-state index in [0.29, 0.717) is 0 Å². The van der Waals surface area contributed by atoms with Crippen LogP contribution in [0.4, 0.5) is 4.39 Å². The third kappa shape index (κ3) is 6.32. The Balaban J connectivity index is 2.30. The Morgan fingerprint density at radius 1 is 1.00 bits per heavy atom. The lowest BCUT2D eigenvalue weighted by Crippen LogP contribution is -2.38. The van der Waals surface area contributed by atoms with Crippen LogP contribution in [0.5, 0.6) is 0 Å². The Morgan fingerprint density at radius 3 is 2.11 bits per heavy atom. The summed E-state index contributed by atoms with van der Waals surface area (Å²) in [6.45, 7) is 7.62. The molecule has 0 spiro atoms. The van der Waals surface area contributed by atoms with E-state index in [1.165, 1.54) is 17.7 Å². The van der Waals surface area contributed by atoms with Crippen molar-refractivity contribution in [2.45, 2.75) is 45.7 Å². The van der Waals surface area contributed by atoms with Gasteiger partial charge in [-0.3, -0.25) is 0 Å². The second-order valence-electron chi connectivity index (χ2n) is 4.83. The zero-order valence-corrected chi connectivity index (χ0v) is 13.2. The lowest BCUT2D eigenvalue weighted by molar-refractivity contribution is 0.188. The third-order valence-corrected chi connectivity index (χ3v) is 6.22. The first-order valence-corrected chi connectivity index (χ1v) is 9.64. The molecule has 0 aromatic heterocycles. The number of unbranched alkanes of at least 4 members (excludes halogenated alkanes) is 1. The maximum atomic E-state index is 12.8. The van der Waals surface area contributed by atoms with Crippen molar-refractivity contribution in [1.29, 1.82) is 0 Å². The molecule has 0 atom stereocenters. The van der Waals surface area contributed by atoms with Gasteiger partial charge in [0.2, 0.25) is 0 Å². The van der Waals surface area contributed by atoms with Crippen molar-refractivity contribution < 1.29 is 13.2 Å². The fourth-order valence-electron chi connectivity index (χ4n) is 2.22. The van der Waals surface area contributed by atoms with Crippen LogP contribution in [0.1, 0.15) is 32.3 Å². The van der Waals surface area contributed by atoms with Gasteiger partial charge in [-0.15, -0.1) is 0 Å². The summed E-state index contributed by atoms with van der Waals surface area (Å²) in [5.74, 6) is -0.170. The van der Waals surface area contributed by atoms with Crippen molar-refractivity contribution in [2.75, 3.05) is 13.2 Å². The van der Waals surface area contributed by atoms with E-state index in [1.54, 1.807) is 0 Å². The molecule has 0 radical (unpaired) electrons. The zero-order valence-electron chi connectivity index (χ0n) is 12.2. The van der Waals surface area contributed by atoms with E-state index in [4.69, 9.17) is 8.85 Å². The molecule has 0 N–H and O–H groups in total. The number of rotatable bonds is 9. The predicted molar refractivity (Wildman–Crippen MR) is 79.0 cm³/mol. The van der Waals surface area contributed by atoms with Crippen LogP contribution in [-0.4, -0.2) is 21.8 Å². The van der Waals surface area contributed by atoms with Crippen molar-refractivity contribution in [3.05, 3.63) is 35.6 Å². The van der Waals surface area contributed by atoms with E-state index in [1.807, 2.05) is 26.0 Å². The minimum atomic E-state index is -1.96. The number of hydrogen-bond donors (Lipinski definition) is 0. The molecule has 0 heterocycles. The monoisotopic (exact) mass is 284 g/mol. The molecule has 0 aliphatic carbocycles. The molecule has 0 amide bonds. The number of benzene rings is 1. The summed E-state index contributed by atoms with van der Waals surface area (Å²) in [5, 5.41) is 0. The van der Waals surface area contributed by atoms with Gasteiger partial charge in [0.1, 0.15) is 5.82 Å². The maximum absolute atomic E-state index is 12.8. The van der Waals surface area contributed by atoms with Crippen LogP contribution in [0.25, 0.3) is 0 Å². The fraction of sp³-hybridized carbons (Fsp3) is 0.600. The fourth-order valence-corrected chi connectivity index (χ4v) is 4.71. The summed E-state index contributed by atoms with van der Waals surface area (Å²) in [6.07, 6.45) is 3.18. The van der Waals surface area contributed by atoms with Gasteiger partial charge < -0.3 is 8.85 Å². The van der Waals surface area contributed by atoms with Crippen molar-refractivity contribution in [3.8, 4) is 0 Å². The van der Waals surface area contributed by atoms with Crippen molar-refractivity contribution in [3.63, 3.8) is 0 Å². The first-order valence-electron chi connectivity index (χ1n) is 7.12. The van der Waals surface area contributed by atoms with Crippen LogP contribution in [0.15, 0.2) is 24.3 Å². The number of hydrogen-bond acceptors (Lipinski definition) is 2. The third-order valence-electron chi connectivity index (χ3n) is 3.16. The van der Waals surface area contributed by atoms with Gasteiger partial charge in [-0.2, -0.15) is 0 Å². The van der Waals surface area contributed by atoms with Gasteiger partial charge in [0.05, 0.1) is 0 Å². The average Bonchev–Trinajstić information content (AvgIpc) is 2.37. The molecule has 1 rings (SSSR count). The molecular weight excluding hydrogens is 259 g/mol. The summed E-state index contributed by atoms with van der Waals surface area (Å²) >= 11 is 0. The van der Waals surface area contributed by atoms with Gasteiger partial charge in [0.15, 0.2) is 0 Å². The van der Waals surface area contributed by atoms with Gasteiger partial charge in [-0.1, -0.05) is 18.6 Å². The minimum Gasteiger partial charge on any atom is -0.395 e. The average molecular weight is 284 g/mol. The van der Waals surface area contributed by atoms with Crippen LogP contribution < -0.4 is 0 Å². The zero-order chi connectivity index (χ0) is 14.1. The summed E-state index contributed by atoms with van der Waals surface area (Å²) in [6, 6.07) is 7.78. The van der Waals surface area contributed by atoms with E-state index < -0.39 is 8.56 Å². The van der Waals surface area contributed by atoms with Gasteiger partial charge in [-0.25, -0.2) is 4.39 Å². The first-order chi connectivity index (χ1) is 9.09. The number of aryl methyl sites for hydroxylation is 1. The summed E-state index contributed by atoms with van der Waals surface area (Å²) < 4.78 is 24.4. The van der Waals surface area contributed by atoms with Crippen molar-refractivity contribution in [1.82, 2.24) is 0 Å². The van der Waals surface area contributed by atoms with E-state index in [9.17, 15) is 4.39 Å². The molecule has 0 unspecified atom stereocenters. The van der Waals surface area contributed by atoms with Crippen LogP contribution in [0, 0.1) is 5.82 Å². The highest BCUT2D eigenvalue weighted by atomic mass is 28.4. The maximum Gasteiger partial charge on any atom is 0.334 e. The molecule has 0 saturated carbocycles. The molecule has 1 aromatic carbocycles. The van der Waals surface area contributed by atoms with Crippen LogP contribution in [0.2, 0.25) is 12.6 Å². The molecule has 19 heavy (non-hydrogen) atoms. The summed E-state index contributed by atoms with van der Waals surface area (Å²) in [4.78, 5) is 0. The Labute approximate surface area is 117 Å². The van der Waals surface area contributed by atoms with Crippen LogP contribution in [0.3, 0.4) is 0 Å². The molecule has 0 aliphatic rings. The largest absolute Gasteiger partial charge is 0.395 e. The van der Waals surface area contributed by atoms with E-state index in [-0.39, 0.29) is 5.82 Å². The smallest absolute Gasteiger partial charge is 0.334 e. The SMILES string of the molecule is CCO[Si](C)(CCCCc1ccc(F)cc1)OCC. The van der Waals surface area contributed by atoms with E-state index >= 15 is 0 Å². The Hall–Kier alpha value is -0.713. The first kappa shape index (κ1) is 16.3. The Bertz CT molecular complexity index is 348. The molecule has 0 fully saturated rings. The van der Waals surface area contributed by atoms with Gasteiger partial charge in [0.25, 0.3) is 0 Å². The second-order valence-corrected chi connectivity index (χ2v) is 8.18. The van der Waals surface area contributed by atoms with E-state index in [0.717, 1.165) is 38.5 Å². The molecular formula is C15H25FO2Si. The Kier molecular flexibility index (Phi) is 7.27. The van der Waals surface area contributed by atoms with Gasteiger partial charge >= 0.3 is 8.56 Å². The van der Waals surface area contributed by atoms with Crippen LogP contribution in [-0.2, 0) is 15.3 Å². The van der Waals surface area contributed by atoms with Gasteiger partial charge in [0, 0.05) is 13.2 Å². The molecule has 108 valence electrons. The molecule has 0 aliphatic heterocycles. The standard InChI is InChI=1S/C15H25FO2Si/c1-4-17-19(3,18-5-2)13-7-6-8-14-9-11-15(16)12-10-14/h9-12H,4-8,13H2,1-3H3. The molecule has 0 saturated heterocycles. The van der Waals surface area contributed by atoms with Crippen molar-refractivity contribution in [2.24, 2.45) is 0 Å². The minimum absolute atomic E-state index is 0.170.